The molecule has 194 valence electrons. The number of rotatable bonds is 11. The van der Waals surface area contributed by atoms with Crippen molar-refractivity contribution >= 4 is 45.7 Å². The second-order valence-corrected chi connectivity index (χ2v) is 10.9. The van der Waals surface area contributed by atoms with Gasteiger partial charge in [0.1, 0.15) is 11.6 Å². The summed E-state index contributed by atoms with van der Waals surface area (Å²) < 4.78 is 7.94. The van der Waals surface area contributed by atoms with Gasteiger partial charge in [-0.05, 0) is 75.1 Å². The molecule has 37 heavy (non-hydrogen) atoms. The Balaban J connectivity index is 1.27. The predicted molar refractivity (Wildman–Crippen MR) is 152 cm³/mol. The van der Waals surface area contributed by atoms with E-state index in [9.17, 15) is 4.79 Å². The van der Waals surface area contributed by atoms with Crippen molar-refractivity contribution in [3.63, 3.8) is 0 Å². The molecular formula is C27H30ClN5O2S2. The number of benzene rings is 2. The molecule has 0 atom stereocenters. The zero-order chi connectivity index (χ0) is 26.4. The lowest BCUT2D eigenvalue weighted by molar-refractivity contribution is -0.113. The molecule has 0 aliphatic carbocycles. The number of aromatic nitrogens is 4. The minimum atomic E-state index is -0.120. The molecule has 7 nitrogen and oxygen atoms in total. The van der Waals surface area contributed by atoms with Gasteiger partial charge in [0.2, 0.25) is 5.91 Å². The van der Waals surface area contributed by atoms with Gasteiger partial charge in [0.05, 0.1) is 18.1 Å². The fourth-order valence-electron chi connectivity index (χ4n) is 3.77. The Kier molecular flexibility index (Phi) is 9.23. The molecule has 4 rings (SSSR count). The van der Waals surface area contributed by atoms with Gasteiger partial charge in [0.15, 0.2) is 10.3 Å². The van der Waals surface area contributed by atoms with Gasteiger partial charge in [0.25, 0.3) is 0 Å². The predicted octanol–water partition coefficient (Wildman–Crippen LogP) is 6.74. The molecule has 1 amide bonds. The van der Waals surface area contributed by atoms with Crippen LogP contribution >= 0.6 is 34.7 Å². The van der Waals surface area contributed by atoms with Gasteiger partial charge < -0.3 is 14.6 Å². The molecule has 4 aromatic rings. The maximum Gasteiger partial charge on any atom is 0.236 e. The molecule has 1 N–H and O–H groups in total. The Morgan fingerprint density at radius 2 is 1.95 bits per heavy atom. The zero-order valence-corrected chi connectivity index (χ0v) is 23.8. The third-order valence-corrected chi connectivity index (χ3v) is 7.89. The van der Waals surface area contributed by atoms with Crippen LogP contribution in [0.2, 0.25) is 5.02 Å². The van der Waals surface area contributed by atoms with E-state index >= 15 is 0 Å². The van der Waals surface area contributed by atoms with Crippen molar-refractivity contribution in [2.75, 3.05) is 17.7 Å². The minimum Gasteiger partial charge on any atom is -0.493 e. The summed E-state index contributed by atoms with van der Waals surface area (Å²) in [7, 11) is 0. The summed E-state index contributed by atoms with van der Waals surface area (Å²) >= 11 is 8.81. The highest BCUT2D eigenvalue weighted by atomic mass is 35.5. The molecule has 2 aromatic heterocycles. The summed E-state index contributed by atoms with van der Waals surface area (Å²) in [5.74, 6) is 1.84. The lowest BCUT2D eigenvalue weighted by atomic mass is 10.1. The Morgan fingerprint density at radius 3 is 2.70 bits per heavy atom. The average Bonchev–Trinajstić information content (AvgIpc) is 3.50. The van der Waals surface area contributed by atoms with Gasteiger partial charge in [-0.1, -0.05) is 35.5 Å². The molecule has 0 spiro atoms. The van der Waals surface area contributed by atoms with Crippen LogP contribution in [0, 0.1) is 20.8 Å². The average molecular weight is 556 g/mol. The minimum absolute atomic E-state index is 0.120. The summed E-state index contributed by atoms with van der Waals surface area (Å²) in [6.45, 7) is 9.50. The number of ether oxygens (including phenoxy) is 1. The van der Waals surface area contributed by atoms with Crippen molar-refractivity contribution < 1.29 is 9.53 Å². The number of thiazole rings is 1. The molecule has 10 heteroatoms. The fraction of sp³-hybridized carbons (Fsp3) is 0.333. The van der Waals surface area contributed by atoms with Gasteiger partial charge >= 0.3 is 0 Å². The van der Waals surface area contributed by atoms with E-state index in [0.717, 1.165) is 52.9 Å². The van der Waals surface area contributed by atoms with Crippen LogP contribution in [-0.4, -0.2) is 38.0 Å². The van der Waals surface area contributed by atoms with E-state index in [1.54, 1.807) is 0 Å². The second-order valence-electron chi connectivity index (χ2n) is 8.68. The third-order valence-electron chi connectivity index (χ3n) is 5.93. The van der Waals surface area contributed by atoms with Crippen molar-refractivity contribution in [3.8, 4) is 17.0 Å². The molecule has 0 fully saturated rings. The molecule has 2 aromatic carbocycles. The normalized spacial score (nSPS) is 11.1. The van der Waals surface area contributed by atoms with Crippen LogP contribution in [0.25, 0.3) is 11.3 Å². The highest BCUT2D eigenvalue weighted by Gasteiger charge is 2.15. The van der Waals surface area contributed by atoms with Crippen LogP contribution in [0.3, 0.4) is 0 Å². The van der Waals surface area contributed by atoms with Crippen molar-refractivity contribution in [1.29, 1.82) is 0 Å². The Bertz CT molecular complexity index is 1390. The smallest absolute Gasteiger partial charge is 0.236 e. The molecule has 0 radical (unpaired) electrons. The summed E-state index contributed by atoms with van der Waals surface area (Å²) in [5.41, 5.74) is 5.39. The highest BCUT2D eigenvalue weighted by Crippen LogP contribution is 2.27. The van der Waals surface area contributed by atoms with Gasteiger partial charge in [0, 0.05) is 28.9 Å². The molecule has 0 aliphatic rings. The van der Waals surface area contributed by atoms with Gasteiger partial charge in [-0.3, -0.25) is 4.79 Å². The third kappa shape index (κ3) is 7.12. The molecule has 0 saturated carbocycles. The second kappa shape index (κ2) is 12.6. The number of carbonyl (C=O) groups is 1. The van der Waals surface area contributed by atoms with Crippen LogP contribution in [0.1, 0.15) is 35.9 Å². The molecule has 2 heterocycles. The number of amides is 1. The number of carbonyl (C=O) groups excluding carboxylic acids is 1. The summed E-state index contributed by atoms with van der Waals surface area (Å²) in [4.78, 5) is 17.2. The van der Waals surface area contributed by atoms with Gasteiger partial charge in [-0.15, -0.1) is 21.5 Å². The summed E-state index contributed by atoms with van der Waals surface area (Å²) in [5, 5.41) is 15.6. The first-order chi connectivity index (χ1) is 17.8. The standard InChI is InChI=1S/C27H30ClN5O2S2/c1-5-33-24(7-6-12-35-23-11-10-21(28)14-19(23)4)31-32-27(33)37-16-25(34)30-26-29-22(15-36-26)20-9-8-17(2)18(3)13-20/h8-11,13-15H,5-7,12,16H2,1-4H3,(H,29,30,34). The first-order valence-corrected chi connectivity index (χ1v) is 14.3. The number of nitrogens with one attached hydrogen (secondary N) is 1. The number of halogens is 1. The van der Waals surface area contributed by atoms with E-state index in [1.165, 1.54) is 34.2 Å². The number of anilines is 1. The van der Waals surface area contributed by atoms with Crippen LogP contribution in [0.4, 0.5) is 5.13 Å². The Hall–Kier alpha value is -2.88. The van der Waals surface area contributed by atoms with Crippen molar-refractivity contribution in [2.24, 2.45) is 0 Å². The van der Waals surface area contributed by atoms with Crippen LogP contribution in [0.5, 0.6) is 5.75 Å². The Morgan fingerprint density at radius 1 is 1.11 bits per heavy atom. The maximum absolute atomic E-state index is 12.6. The first-order valence-electron chi connectivity index (χ1n) is 12.1. The van der Waals surface area contributed by atoms with E-state index in [1.807, 2.05) is 35.1 Å². The monoisotopic (exact) mass is 555 g/mol. The lowest BCUT2D eigenvalue weighted by Crippen LogP contribution is -2.14. The van der Waals surface area contributed by atoms with Gasteiger partial charge in [-0.25, -0.2) is 4.98 Å². The quantitative estimate of drug-likeness (QED) is 0.163. The Labute approximate surface area is 230 Å². The molecular weight excluding hydrogens is 526 g/mol. The summed E-state index contributed by atoms with van der Waals surface area (Å²) in [6.07, 6.45) is 1.54. The highest BCUT2D eigenvalue weighted by molar-refractivity contribution is 7.99. The lowest BCUT2D eigenvalue weighted by Gasteiger charge is -2.10. The topological polar surface area (TPSA) is 81.9 Å². The fourth-order valence-corrected chi connectivity index (χ4v) is 5.55. The van der Waals surface area contributed by atoms with E-state index in [0.29, 0.717) is 16.8 Å². The van der Waals surface area contributed by atoms with Crippen molar-refractivity contribution in [1.82, 2.24) is 19.7 Å². The van der Waals surface area contributed by atoms with E-state index in [4.69, 9.17) is 16.3 Å². The molecule has 0 bridgehead atoms. The first kappa shape index (κ1) is 27.2. The molecule has 0 unspecified atom stereocenters. The number of aryl methyl sites for hydroxylation is 4. The van der Waals surface area contributed by atoms with E-state index in [2.05, 4.69) is 59.5 Å². The largest absolute Gasteiger partial charge is 0.493 e. The van der Waals surface area contributed by atoms with E-state index in [-0.39, 0.29) is 11.7 Å². The van der Waals surface area contributed by atoms with Crippen LogP contribution < -0.4 is 10.1 Å². The van der Waals surface area contributed by atoms with E-state index < -0.39 is 0 Å². The van der Waals surface area contributed by atoms with Gasteiger partial charge in [-0.2, -0.15) is 0 Å². The molecule has 0 saturated heterocycles. The molecule has 0 aliphatic heterocycles. The maximum atomic E-state index is 12.6. The number of nitrogens with zero attached hydrogens (tertiary/aromatic N) is 4. The van der Waals surface area contributed by atoms with Crippen molar-refractivity contribution in [2.45, 2.75) is 52.2 Å². The number of hydrogen-bond donors (Lipinski definition) is 1. The zero-order valence-electron chi connectivity index (χ0n) is 21.4. The van der Waals surface area contributed by atoms with Crippen LogP contribution in [-0.2, 0) is 17.8 Å². The SMILES string of the molecule is CCn1c(CCCOc2ccc(Cl)cc2C)nnc1SCC(=O)Nc1nc(-c2ccc(C)c(C)c2)cs1. The van der Waals surface area contributed by atoms with Crippen LogP contribution in [0.15, 0.2) is 46.9 Å². The van der Waals surface area contributed by atoms with Crippen molar-refractivity contribution in [3.05, 3.63) is 69.3 Å². The summed E-state index contributed by atoms with van der Waals surface area (Å²) in [6, 6.07) is 11.9. The number of thioether (sulfide) groups is 1. The number of hydrogen-bond acceptors (Lipinski definition) is 7.